The number of imidazole rings is 1. The topological polar surface area (TPSA) is 40.7 Å². The lowest BCUT2D eigenvalue weighted by atomic mass is 9.75. The highest BCUT2D eigenvalue weighted by Gasteiger charge is 2.35. The molecule has 3 nitrogen and oxygen atoms in total. The molecule has 108 valence electrons. The number of fused-ring (bicyclic) bond motifs is 1. The number of hydrogen-bond donors (Lipinski definition) is 2. The van der Waals surface area contributed by atoms with Crippen LogP contribution in [0.4, 0.5) is 0 Å². The first-order valence-corrected chi connectivity index (χ1v) is 7.83. The van der Waals surface area contributed by atoms with E-state index < -0.39 is 0 Å². The number of rotatable bonds is 3. The van der Waals surface area contributed by atoms with Gasteiger partial charge in [-0.2, -0.15) is 0 Å². The lowest BCUT2D eigenvalue weighted by Gasteiger charge is -2.35. The number of aryl methyl sites for hydroxylation is 2. The van der Waals surface area contributed by atoms with Crippen LogP contribution in [0.25, 0.3) is 11.0 Å². The number of benzene rings is 1. The van der Waals surface area contributed by atoms with E-state index >= 15 is 0 Å². The summed E-state index contributed by atoms with van der Waals surface area (Å²) in [5, 5.41) is 3.48. The van der Waals surface area contributed by atoms with Crippen LogP contribution in [0, 0.1) is 13.8 Å². The molecule has 0 radical (unpaired) electrons. The average molecular weight is 271 g/mol. The molecule has 0 amide bonds. The number of nitrogens with one attached hydrogen (secondary N) is 2. The smallest absolute Gasteiger partial charge is 0.113 e. The van der Waals surface area contributed by atoms with Crippen LogP contribution in [0.5, 0.6) is 0 Å². The fourth-order valence-electron chi connectivity index (χ4n) is 3.51. The van der Waals surface area contributed by atoms with Gasteiger partial charge in [-0.25, -0.2) is 4.98 Å². The summed E-state index contributed by atoms with van der Waals surface area (Å²) in [6, 6.07) is 4.45. The van der Waals surface area contributed by atoms with E-state index in [1.807, 2.05) is 0 Å². The van der Waals surface area contributed by atoms with Crippen LogP contribution in [0.3, 0.4) is 0 Å². The van der Waals surface area contributed by atoms with Gasteiger partial charge in [-0.1, -0.05) is 13.3 Å². The third kappa shape index (κ3) is 2.24. The van der Waals surface area contributed by atoms with Crippen molar-refractivity contribution in [3.05, 3.63) is 29.1 Å². The van der Waals surface area contributed by atoms with Crippen LogP contribution in [0.1, 0.15) is 49.6 Å². The monoisotopic (exact) mass is 271 g/mol. The zero-order chi connectivity index (χ0) is 14.2. The molecule has 0 atom stereocenters. The maximum Gasteiger partial charge on any atom is 0.113 e. The quantitative estimate of drug-likeness (QED) is 0.895. The highest BCUT2D eigenvalue weighted by Crippen LogP contribution is 2.37. The van der Waals surface area contributed by atoms with Gasteiger partial charge in [0.1, 0.15) is 5.82 Å². The van der Waals surface area contributed by atoms with E-state index in [-0.39, 0.29) is 5.41 Å². The predicted molar refractivity (Wildman–Crippen MR) is 84.3 cm³/mol. The van der Waals surface area contributed by atoms with Crippen molar-refractivity contribution in [2.75, 3.05) is 13.1 Å². The van der Waals surface area contributed by atoms with Crippen molar-refractivity contribution in [3.8, 4) is 0 Å². The normalized spacial score (nSPS) is 18.6. The fourth-order valence-corrected chi connectivity index (χ4v) is 3.51. The van der Waals surface area contributed by atoms with Gasteiger partial charge in [-0.15, -0.1) is 0 Å². The Morgan fingerprint density at radius 2 is 1.85 bits per heavy atom. The maximum absolute atomic E-state index is 4.95. The van der Waals surface area contributed by atoms with Crippen molar-refractivity contribution >= 4 is 11.0 Å². The molecule has 3 rings (SSSR count). The first-order chi connectivity index (χ1) is 9.64. The van der Waals surface area contributed by atoms with Crippen LogP contribution in [-0.4, -0.2) is 23.1 Å². The third-order valence-corrected chi connectivity index (χ3v) is 4.89. The van der Waals surface area contributed by atoms with Gasteiger partial charge in [0.15, 0.2) is 0 Å². The molecule has 2 heterocycles. The molecule has 1 aromatic carbocycles. The van der Waals surface area contributed by atoms with Crippen molar-refractivity contribution < 1.29 is 0 Å². The van der Waals surface area contributed by atoms with Crippen LogP contribution in [0.15, 0.2) is 12.1 Å². The molecule has 2 N–H and O–H groups in total. The average Bonchev–Trinajstić information content (AvgIpc) is 2.84. The summed E-state index contributed by atoms with van der Waals surface area (Å²) in [7, 11) is 0. The van der Waals surface area contributed by atoms with Gasteiger partial charge >= 0.3 is 0 Å². The summed E-state index contributed by atoms with van der Waals surface area (Å²) < 4.78 is 0. The summed E-state index contributed by atoms with van der Waals surface area (Å²) in [5.74, 6) is 1.21. The van der Waals surface area contributed by atoms with Crippen molar-refractivity contribution in [1.29, 1.82) is 0 Å². The van der Waals surface area contributed by atoms with Gasteiger partial charge in [-0.3, -0.25) is 0 Å². The molecule has 0 aliphatic carbocycles. The third-order valence-electron chi connectivity index (χ3n) is 4.89. The lowest BCUT2D eigenvalue weighted by molar-refractivity contribution is 0.273. The number of piperidine rings is 1. The Morgan fingerprint density at radius 1 is 1.15 bits per heavy atom. The Kier molecular flexibility index (Phi) is 3.55. The maximum atomic E-state index is 4.95. The van der Waals surface area contributed by atoms with Crippen molar-refractivity contribution in [1.82, 2.24) is 15.3 Å². The minimum Gasteiger partial charge on any atom is -0.341 e. The number of aromatic amines is 1. The number of nitrogens with zero attached hydrogens (tertiary/aromatic N) is 1. The van der Waals surface area contributed by atoms with Crippen LogP contribution in [0.2, 0.25) is 0 Å². The molecule has 1 aliphatic rings. The summed E-state index contributed by atoms with van der Waals surface area (Å²) in [5.41, 5.74) is 5.23. The standard InChI is InChI=1S/C17H25N3/c1-4-5-17(6-8-18-9-7-17)16-19-14-10-12(2)13(3)11-15(14)20-16/h10-11,18H,4-9H2,1-3H3,(H,19,20). The second kappa shape index (κ2) is 5.21. The molecule has 1 aliphatic heterocycles. The van der Waals surface area contributed by atoms with Gasteiger partial charge in [0.25, 0.3) is 0 Å². The largest absolute Gasteiger partial charge is 0.341 e. The molecule has 3 heteroatoms. The minimum absolute atomic E-state index is 0.251. The second-order valence-electron chi connectivity index (χ2n) is 6.32. The summed E-state index contributed by atoms with van der Waals surface area (Å²) in [6.07, 6.45) is 4.83. The molecule has 1 aromatic heterocycles. The highest BCUT2D eigenvalue weighted by molar-refractivity contribution is 5.77. The van der Waals surface area contributed by atoms with E-state index in [9.17, 15) is 0 Å². The first kappa shape index (κ1) is 13.6. The van der Waals surface area contributed by atoms with Gasteiger partial charge < -0.3 is 10.3 Å². The second-order valence-corrected chi connectivity index (χ2v) is 6.32. The molecule has 20 heavy (non-hydrogen) atoms. The summed E-state index contributed by atoms with van der Waals surface area (Å²) >= 11 is 0. The molecule has 0 saturated carbocycles. The molecule has 1 fully saturated rings. The minimum atomic E-state index is 0.251. The number of H-pyrrole nitrogens is 1. The van der Waals surface area contributed by atoms with E-state index in [0.29, 0.717) is 0 Å². The van der Waals surface area contributed by atoms with Gasteiger partial charge in [0.2, 0.25) is 0 Å². The van der Waals surface area contributed by atoms with Crippen LogP contribution in [-0.2, 0) is 5.41 Å². The first-order valence-electron chi connectivity index (χ1n) is 7.83. The molecule has 1 saturated heterocycles. The fraction of sp³-hybridized carbons (Fsp3) is 0.588. The molecule has 2 aromatic rings. The van der Waals surface area contributed by atoms with E-state index in [1.54, 1.807) is 0 Å². The predicted octanol–water partition coefficient (Wildman–Crippen LogP) is 3.60. The van der Waals surface area contributed by atoms with Gasteiger partial charge in [0, 0.05) is 5.41 Å². The van der Waals surface area contributed by atoms with Gasteiger partial charge in [-0.05, 0) is 69.5 Å². The highest BCUT2D eigenvalue weighted by atomic mass is 15.0. The Labute approximate surface area is 121 Å². The lowest BCUT2D eigenvalue weighted by Crippen LogP contribution is -2.40. The van der Waals surface area contributed by atoms with Crippen molar-refractivity contribution in [2.24, 2.45) is 0 Å². The molecular weight excluding hydrogens is 246 g/mol. The summed E-state index contributed by atoms with van der Waals surface area (Å²) in [6.45, 7) is 8.82. The van der Waals surface area contributed by atoms with Crippen molar-refractivity contribution in [2.45, 2.75) is 51.9 Å². The van der Waals surface area contributed by atoms with E-state index in [0.717, 1.165) is 18.6 Å². The molecule has 0 unspecified atom stereocenters. The SMILES string of the molecule is CCCC1(c2nc3cc(C)c(C)cc3[nH]2)CCNCC1. The Morgan fingerprint density at radius 3 is 2.55 bits per heavy atom. The van der Waals surface area contributed by atoms with Crippen molar-refractivity contribution in [3.63, 3.8) is 0 Å². The number of aromatic nitrogens is 2. The zero-order valence-corrected chi connectivity index (χ0v) is 12.8. The van der Waals surface area contributed by atoms with Crippen LogP contribution < -0.4 is 5.32 Å². The van der Waals surface area contributed by atoms with E-state index in [2.05, 4.69) is 43.2 Å². The van der Waals surface area contributed by atoms with E-state index in [4.69, 9.17) is 4.98 Å². The number of hydrogen-bond acceptors (Lipinski definition) is 2. The van der Waals surface area contributed by atoms with E-state index in [1.165, 1.54) is 48.2 Å². The Bertz CT molecular complexity index is 561. The molecule has 0 spiro atoms. The molecular formula is C17H25N3. The zero-order valence-electron chi connectivity index (χ0n) is 12.8. The Balaban J connectivity index is 2.06. The summed E-state index contributed by atoms with van der Waals surface area (Å²) in [4.78, 5) is 8.57. The Hall–Kier alpha value is -1.35. The van der Waals surface area contributed by atoms with Gasteiger partial charge in [0.05, 0.1) is 11.0 Å². The molecule has 0 bridgehead atoms. The van der Waals surface area contributed by atoms with Crippen LogP contribution >= 0.6 is 0 Å².